The first-order chi connectivity index (χ1) is 12.5. The lowest BCUT2D eigenvalue weighted by molar-refractivity contribution is 0.0584. The number of nitrogens with one attached hydrogen (secondary N) is 1. The molecule has 1 atom stereocenters. The zero-order chi connectivity index (χ0) is 18.7. The molecule has 2 aromatic heterocycles. The van der Waals surface area contributed by atoms with Crippen LogP contribution in [0.3, 0.4) is 0 Å². The second-order valence-corrected chi connectivity index (χ2v) is 8.05. The molecule has 142 valence electrons. The van der Waals surface area contributed by atoms with Gasteiger partial charge in [0.25, 0.3) is 0 Å². The maximum atomic E-state index is 12.4. The predicted molar refractivity (Wildman–Crippen MR) is 101 cm³/mol. The standard InChI is InChI=1S/C18H27N5O2S/c1-12(2)17-21-14(11-26-17)10-20-18(25)23-7-4-13(5-8-23)15(24)16-19-6-9-22(16)3/h6,9,11-13,15,24H,4-5,7-8,10H2,1-3H3,(H,20,25)/t15-/m0/s1. The number of carbonyl (C=O) groups excluding carboxylic acids is 1. The molecule has 0 saturated carbocycles. The van der Waals surface area contributed by atoms with Crippen LogP contribution in [-0.4, -0.2) is 43.7 Å². The van der Waals surface area contributed by atoms with Crippen molar-refractivity contribution < 1.29 is 9.90 Å². The van der Waals surface area contributed by atoms with Gasteiger partial charge in [-0.1, -0.05) is 13.8 Å². The number of aliphatic hydroxyl groups is 1. The minimum atomic E-state index is -0.579. The number of thiazole rings is 1. The van der Waals surface area contributed by atoms with E-state index in [0.29, 0.717) is 31.4 Å². The van der Waals surface area contributed by atoms with Crippen LogP contribution >= 0.6 is 11.3 Å². The summed E-state index contributed by atoms with van der Waals surface area (Å²) in [7, 11) is 1.89. The Morgan fingerprint density at radius 1 is 1.42 bits per heavy atom. The third kappa shape index (κ3) is 4.24. The van der Waals surface area contributed by atoms with E-state index in [0.717, 1.165) is 23.5 Å². The molecule has 1 fully saturated rings. The minimum Gasteiger partial charge on any atom is -0.385 e. The summed E-state index contributed by atoms with van der Waals surface area (Å²) in [6.45, 7) is 5.98. The van der Waals surface area contributed by atoms with Gasteiger partial charge in [-0.2, -0.15) is 0 Å². The van der Waals surface area contributed by atoms with Crippen molar-refractivity contribution in [2.45, 2.75) is 45.3 Å². The van der Waals surface area contributed by atoms with E-state index < -0.39 is 6.10 Å². The Morgan fingerprint density at radius 3 is 2.73 bits per heavy atom. The van der Waals surface area contributed by atoms with Crippen molar-refractivity contribution >= 4 is 17.4 Å². The molecule has 3 rings (SSSR count). The largest absolute Gasteiger partial charge is 0.385 e. The monoisotopic (exact) mass is 377 g/mol. The molecule has 2 amide bonds. The van der Waals surface area contributed by atoms with E-state index in [1.165, 1.54) is 0 Å². The number of likely N-dealkylation sites (tertiary alicyclic amines) is 1. The zero-order valence-electron chi connectivity index (χ0n) is 15.6. The normalized spacial score (nSPS) is 16.9. The van der Waals surface area contributed by atoms with Gasteiger partial charge in [0, 0.05) is 43.8 Å². The molecule has 2 N–H and O–H groups in total. The van der Waals surface area contributed by atoms with Gasteiger partial charge in [0.1, 0.15) is 11.9 Å². The summed E-state index contributed by atoms with van der Waals surface area (Å²) in [6.07, 6.45) is 4.50. The highest BCUT2D eigenvalue weighted by Gasteiger charge is 2.30. The lowest BCUT2D eigenvalue weighted by Crippen LogP contribution is -2.45. The maximum absolute atomic E-state index is 12.4. The number of amides is 2. The van der Waals surface area contributed by atoms with Crippen molar-refractivity contribution in [1.29, 1.82) is 0 Å². The van der Waals surface area contributed by atoms with Crippen LogP contribution in [0.5, 0.6) is 0 Å². The van der Waals surface area contributed by atoms with Crippen LogP contribution in [0.25, 0.3) is 0 Å². The molecule has 0 bridgehead atoms. The molecule has 1 aliphatic heterocycles. The van der Waals surface area contributed by atoms with Gasteiger partial charge in [0.05, 0.1) is 17.2 Å². The highest BCUT2D eigenvalue weighted by Crippen LogP contribution is 2.29. The van der Waals surface area contributed by atoms with Crippen molar-refractivity contribution in [2.75, 3.05) is 13.1 Å². The highest BCUT2D eigenvalue weighted by molar-refractivity contribution is 7.09. The number of hydrogen-bond donors (Lipinski definition) is 2. The van der Waals surface area contributed by atoms with Crippen molar-refractivity contribution in [3.8, 4) is 0 Å². The van der Waals surface area contributed by atoms with E-state index in [1.54, 1.807) is 17.5 Å². The summed E-state index contributed by atoms with van der Waals surface area (Å²) < 4.78 is 1.85. The molecule has 0 aromatic carbocycles. The Morgan fingerprint density at radius 2 is 2.15 bits per heavy atom. The first-order valence-electron chi connectivity index (χ1n) is 9.08. The van der Waals surface area contributed by atoms with Crippen LogP contribution in [0.1, 0.15) is 55.2 Å². The Balaban J connectivity index is 1.46. The molecule has 7 nitrogen and oxygen atoms in total. The number of piperidine rings is 1. The molecule has 1 aliphatic rings. The SMILES string of the molecule is CC(C)c1nc(CNC(=O)N2CCC([C@H](O)c3nccn3C)CC2)cs1. The third-order valence-corrected chi connectivity index (χ3v) is 6.07. The summed E-state index contributed by atoms with van der Waals surface area (Å²) in [6, 6.07) is -0.0611. The number of nitrogens with zero attached hydrogens (tertiary/aromatic N) is 4. The molecular formula is C18H27N5O2S. The smallest absolute Gasteiger partial charge is 0.317 e. The third-order valence-electron chi connectivity index (χ3n) is 4.88. The number of urea groups is 1. The van der Waals surface area contributed by atoms with Crippen molar-refractivity contribution in [3.05, 3.63) is 34.3 Å². The predicted octanol–water partition coefficient (Wildman–Crippen LogP) is 2.66. The number of imidazole rings is 1. The van der Waals surface area contributed by atoms with Gasteiger partial charge in [-0.15, -0.1) is 11.3 Å². The lowest BCUT2D eigenvalue weighted by Gasteiger charge is -2.34. The molecule has 0 unspecified atom stereocenters. The summed E-state index contributed by atoms with van der Waals surface area (Å²) in [5.41, 5.74) is 0.909. The molecule has 26 heavy (non-hydrogen) atoms. The summed E-state index contributed by atoms with van der Waals surface area (Å²) in [5.74, 6) is 1.23. The van der Waals surface area contributed by atoms with Crippen LogP contribution in [0.2, 0.25) is 0 Å². The fourth-order valence-corrected chi connectivity index (χ4v) is 4.07. The van der Waals surface area contributed by atoms with Crippen molar-refractivity contribution in [1.82, 2.24) is 24.8 Å². The summed E-state index contributed by atoms with van der Waals surface area (Å²) >= 11 is 1.64. The Kier molecular flexibility index (Phi) is 5.93. The number of rotatable bonds is 5. The van der Waals surface area contributed by atoms with Crippen LogP contribution in [0.15, 0.2) is 17.8 Å². The molecule has 2 aromatic rings. The molecular weight excluding hydrogens is 350 g/mol. The van der Waals surface area contributed by atoms with Crippen LogP contribution in [-0.2, 0) is 13.6 Å². The molecule has 0 aliphatic carbocycles. The first kappa shape index (κ1) is 18.8. The molecule has 1 saturated heterocycles. The van der Waals surface area contributed by atoms with E-state index in [-0.39, 0.29) is 11.9 Å². The topological polar surface area (TPSA) is 83.3 Å². The van der Waals surface area contributed by atoms with Crippen LogP contribution in [0, 0.1) is 5.92 Å². The van der Waals surface area contributed by atoms with Gasteiger partial charge in [0.15, 0.2) is 0 Å². The van der Waals surface area contributed by atoms with Gasteiger partial charge in [0.2, 0.25) is 0 Å². The second kappa shape index (κ2) is 8.18. The molecule has 3 heterocycles. The minimum absolute atomic E-state index is 0.0611. The molecule has 8 heteroatoms. The van der Waals surface area contributed by atoms with Gasteiger partial charge in [-0.05, 0) is 18.8 Å². The lowest BCUT2D eigenvalue weighted by atomic mass is 9.91. The number of hydrogen-bond acceptors (Lipinski definition) is 5. The highest BCUT2D eigenvalue weighted by atomic mass is 32.1. The van der Waals surface area contributed by atoms with E-state index in [9.17, 15) is 9.90 Å². The number of aryl methyl sites for hydroxylation is 1. The Bertz CT molecular complexity index is 734. The number of carbonyl (C=O) groups is 1. The summed E-state index contributed by atoms with van der Waals surface area (Å²) in [4.78, 5) is 23.0. The fourth-order valence-electron chi connectivity index (χ4n) is 3.24. The van der Waals surface area contributed by atoms with Gasteiger partial charge < -0.3 is 19.9 Å². The second-order valence-electron chi connectivity index (χ2n) is 7.16. The van der Waals surface area contributed by atoms with Crippen LogP contribution in [0.4, 0.5) is 4.79 Å². The number of aliphatic hydroxyl groups excluding tert-OH is 1. The average Bonchev–Trinajstić information content (AvgIpc) is 3.28. The summed E-state index contributed by atoms with van der Waals surface area (Å²) in [5, 5.41) is 16.6. The van der Waals surface area contributed by atoms with Crippen molar-refractivity contribution in [3.63, 3.8) is 0 Å². The zero-order valence-corrected chi connectivity index (χ0v) is 16.4. The van der Waals surface area contributed by atoms with E-state index >= 15 is 0 Å². The van der Waals surface area contributed by atoms with Gasteiger partial charge in [-0.3, -0.25) is 0 Å². The Labute approximate surface area is 158 Å². The van der Waals surface area contributed by atoms with Crippen molar-refractivity contribution in [2.24, 2.45) is 13.0 Å². The molecule has 0 spiro atoms. The van der Waals surface area contributed by atoms with Crippen LogP contribution < -0.4 is 5.32 Å². The average molecular weight is 378 g/mol. The van der Waals surface area contributed by atoms with E-state index in [1.807, 2.05) is 28.1 Å². The van der Waals surface area contributed by atoms with Gasteiger partial charge >= 0.3 is 6.03 Å². The number of aromatic nitrogens is 3. The maximum Gasteiger partial charge on any atom is 0.317 e. The van der Waals surface area contributed by atoms with Gasteiger partial charge in [-0.25, -0.2) is 14.8 Å². The fraction of sp³-hybridized carbons (Fsp3) is 0.611. The van der Waals surface area contributed by atoms with E-state index in [2.05, 4.69) is 29.1 Å². The Hall–Kier alpha value is -1.93. The van der Waals surface area contributed by atoms with E-state index in [4.69, 9.17) is 0 Å². The molecule has 0 radical (unpaired) electrons. The quantitative estimate of drug-likeness (QED) is 0.839. The first-order valence-corrected chi connectivity index (χ1v) is 9.96.